The molecule has 0 atom stereocenters. The molecule has 1 fully saturated rings. The molecule has 9 nitrogen and oxygen atoms in total. The summed E-state index contributed by atoms with van der Waals surface area (Å²) in [7, 11) is 4.81. The molecule has 10 heteroatoms. The first kappa shape index (κ1) is 24.5. The number of thioether (sulfide) groups is 1. The van der Waals surface area contributed by atoms with Crippen LogP contribution in [0.1, 0.15) is 0 Å². The van der Waals surface area contributed by atoms with Gasteiger partial charge in [0, 0.05) is 50.2 Å². The molecule has 0 spiro atoms. The van der Waals surface area contributed by atoms with Gasteiger partial charge < -0.3 is 29.3 Å². The van der Waals surface area contributed by atoms with E-state index in [1.54, 1.807) is 45.7 Å². The molecule has 0 unspecified atom stereocenters. The molecule has 2 aromatic carbocycles. The Morgan fingerprint density at radius 1 is 0.943 bits per heavy atom. The lowest BCUT2D eigenvalue weighted by molar-refractivity contribution is -0.113. The van der Waals surface area contributed by atoms with E-state index < -0.39 is 0 Å². The van der Waals surface area contributed by atoms with Gasteiger partial charge >= 0.3 is 0 Å². The van der Waals surface area contributed by atoms with Gasteiger partial charge in [0.2, 0.25) is 5.91 Å². The number of anilines is 3. The van der Waals surface area contributed by atoms with Gasteiger partial charge in [-0.1, -0.05) is 17.8 Å². The normalized spacial score (nSPS) is 13.3. The summed E-state index contributed by atoms with van der Waals surface area (Å²) in [5.41, 5.74) is 1.71. The summed E-state index contributed by atoms with van der Waals surface area (Å²) in [6, 6.07) is 15.3. The van der Waals surface area contributed by atoms with Gasteiger partial charge in [-0.05, 0) is 30.3 Å². The first-order chi connectivity index (χ1) is 17.1. The second-order valence-corrected chi connectivity index (χ2v) is 8.72. The fraction of sp³-hybridized carbons (Fsp3) is 0.320. The number of carbonyl (C=O) groups is 1. The summed E-state index contributed by atoms with van der Waals surface area (Å²) >= 11 is 1.29. The summed E-state index contributed by atoms with van der Waals surface area (Å²) < 4.78 is 15.9. The molecule has 1 aliphatic rings. The van der Waals surface area contributed by atoms with E-state index in [0.29, 0.717) is 22.3 Å². The average Bonchev–Trinajstić information content (AvgIpc) is 2.92. The Balaban J connectivity index is 1.32. The molecule has 184 valence electrons. The minimum Gasteiger partial charge on any atom is -0.497 e. The van der Waals surface area contributed by atoms with Crippen molar-refractivity contribution < 1.29 is 19.0 Å². The van der Waals surface area contributed by atoms with Crippen LogP contribution in [-0.4, -0.2) is 69.1 Å². The molecule has 0 aliphatic carbocycles. The van der Waals surface area contributed by atoms with Gasteiger partial charge in [-0.3, -0.25) is 4.79 Å². The van der Waals surface area contributed by atoms with Gasteiger partial charge in [-0.2, -0.15) is 0 Å². The van der Waals surface area contributed by atoms with Crippen LogP contribution in [0, 0.1) is 0 Å². The van der Waals surface area contributed by atoms with Crippen molar-refractivity contribution in [2.75, 3.05) is 68.4 Å². The number of rotatable bonds is 9. The Hall–Kier alpha value is -3.66. The number of carbonyl (C=O) groups excluding carboxylic acids is 1. The molecule has 2 heterocycles. The minimum absolute atomic E-state index is 0.174. The number of aromatic nitrogens is 2. The number of amides is 1. The van der Waals surface area contributed by atoms with Gasteiger partial charge in [-0.15, -0.1) is 0 Å². The lowest BCUT2D eigenvalue weighted by Crippen LogP contribution is -2.46. The highest BCUT2D eigenvalue weighted by Gasteiger charge is 2.19. The van der Waals surface area contributed by atoms with E-state index in [-0.39, 0.29) is 11.7 Å². The third-order valence-corrected chi connectivity index (χ3v) is 6.52. The van der Waals surface area contributed by atoms with Crippen molar-refractivity contribution in [3.63, 3.8) is 0 Å². The number of methoxy groups -OCH3 is 3. The molecule has 1 amide bonds. The number of hydrogen-bond acceptors (Lipinski definition) is 9. The van der Waals surface area contributed by atoms with Gasteiger partial charge in [0.15, 0.2) is 5.16 Å². The molecule has 1 N–H and O–H groups in total. The highest BCUT2D eigenvalue weighted by atomic mass is 32.2. The van der Waals surface area contributed by atoms with E-state index in [4.69, 9.17) is 14.2 Å². The quantitative estimate of drug-likeness (QED) is 0.354. The van der Waals surface area contributed by atoms with E-state index in [1.165, 1.54) is 11.8 Å². The zero-order valence-corrected chi connectivity index (χ0v) is 20.9. The molecular formula is C25H29N5O4S. The van der Waals surface area contributed by atoms with E-state index in [2.05, 4.69) is 37.2 Å². The fourth-order valence-corrected chi connectivity index (χ4v) is 4.43. The van der Waals surface area contributed by atoms with Crippen molar-refractivity contribution in [2.45, 2.75) is 5.16 Å². The summed E-state index contributed by atoms with van der Waals surface area (Å²) in [5, 5.41) is 3.43. The van der Waals surface area contributed by atoms with Crippen molar-refractivity contribution in [1.82, 2.24) is 9.97 Å². The zero-order valence-electron chi connectivity index (χ0n) is 20.1. The third kappa shape index (κ3) is 6.27. The van der Waals surface area contributed by atoms with Gasteiger partial charge in [0.05, 0.1) is 32.8 Å². The first-order valence-corrected chi connectivity index (χ1v) is 12.2. The van der Waals surface area contributed by atoms with Crippen LogP contribution in [0.4, 0.5) is 17.2 Å². The molecule has 1 aromatic heterocycles. The summed E-state index contributed by atoms with van der Waals surface area (Å²) in [5.74, 6) is 2.92. The maximum absolute atomic E-state index is 12.5. The molecule has 0 saturated carbocycles. The Kier molecular flexibility index (Phi) is 8.15. The molecule has 0 radical (unpaired) electrons. The maximum atomic E-state index is 12.5. The number of piperazine rings is 1. The number of ether oxygens (including phenoxy) is 3. The lowest BCUT2D eigenvalue weighted by atomic mass is 10.2. The lowest BCUT2D eigenvalue weighted by Gasteiger charge is -2.36. The first-order valence-electron chi connectivity index (χ1n) is 11.2. The van der Waals surface area contributed by atoms with Crippen LogP contribution in [0.5, 0.6) is 17.2 Å². The Labute approximate surface area is 209 Å². The predicted octanol–water partition coefficient (Wildman–Crippen LogP) is 3.56. The van der Waals surface area contributed by atoms with Crippen molar-refractivity contribution in [1.29, 1.82) is 0 Å². The van der Waals surface area contributed by atoms with Crippen molar-refractivity contribution >= 4 is 34.9 Å². The SMILES string of the molecule is COc1cccc(N2CCN(c3ccnc(SCC(=O)Nc4cc(OC)ccc4OC)n3)CC2)c1. The second kappa shape index (κ2) is 11.7. The maximum Gasteiger partial charge on any atom is 0.234 e. The van der Waals surface area contributed by atoms with Crippen LogP contribution >= 0.6 is 11.8 Å². The highest BCUT2D eigenvalue weighted by Crippen LogP contribution is 2.29. The van der Waals surface area contributed by atoms with E-state index in [9.17, 15) is 4.79 Å². The summed E-state index contributed by atoms with van der Waals surface area (Å²) in [6.45, 7) is 3.44. The Morgan fingerprint density at radius 2 is 1.69 bits per heavy atom. The molecular weight excluding hydrogens is 466 g/mol. The molecule has 1 aliphatic heterocycles. The summed E-state index contributed by atoms with van der Waals surface area (Å²) in [4.78, 5) is 26.1. The second-order valence-electron chi connectivity index (χ2n) is 7.78. The van der Waals surface area contributed by atoms with Gasteiger partial charge in [0.1, 0.15) is 23.1 Å². The third-order valence-electron chi connectivity index (χ3n) is 5.65. The average molecular weight is 496 g/mol. The van der Waals surface area contributed by atoms with Crippen molar-refractivity contribution in [2.24, 2.45) is 0 Å². The highest BCUT2D eigenvalue weighted by molar-refractivity contribution is 7.99. The molecule has 0 bridgehead atoms. The van der Waals surface area contributed by atoms with Crippen LogP contribution < -0.4 is 29.3 Å². The minimum atomic E-state index is -0.178. The topological polar surface area (TPSA) is 89.1 Å². The summed E-state index contributed by atoms with van der Waals surface area (Å²) in [6.07, 6.45) is 1.74. The van der Waals surface area contributed by atoms with E-state index in [0.717, 1.165) is 43.4 Å². The van der Waals surface area contributed by atoms with Crippen LogP contribution in [0.25, 0.3) is 0 Å². The molecule has 35 heavy (non-hydrogen) atoms. The molecule has 4 rings (SSSR count). The zero-order chi connectivity index (χ0) is 24.6. The predicted molar refractivity (Wildman–Crippen MR) is 138 cm³/mol. The number of nitrogens with zero attached hydrogens (tertiary/aromatic N) is 4. The van der Waals surface area contributed by atoms with Crippen LogP contribution in [-0.2, 0) is 4.79 Å². The number of nitrogens with one attached hydrogen (secondary N) is 1. The number of benzene rings is 2. The smallest absolute Gasteiger partial charge is 0.234 e. The molecule has 1 saturated heterocycles. The van der Waals surface area contributed by atoms with E-state index >= 15 is 0 Å². The van der Waals surface area contributed by atoms with Crippen molar-refractivity contribution in [3.8, 4) is 17.2 Å². The van der Waals surface area contributed by atoms with Crippen LogP contribution in [0.3, 0.4) is 0 Å². The van der Waals surface area contributed by atoms with Gasteiger partial charge in [0.25, 0.3) is 0 Å². The van der Waals surface area contributed by atoms with Gasteiger partial charge in [-0.25, -0.2) is 9.97 Å². The standard InChI is InChI=1S/C25H29N5O4S/c1-32-19-6-4-5-18(15-19)29-11-13-30(14-12-29)23-9-10-26-25(28-23)35-17-24(31)27-21-16-20(33-2)7-8-22(21)34-3/h4-10,15-16H,11-14,17H2,1-3H3,(H,27,31). The van der Waals surface area contributed by atoms with Crippen molar-refractivity contribution in [3.05, 3.63) is 54.7 Å². The molecule has 3 aromatic rings. The monoisotopic (exact) mass is 495 g/mol. The Bertz CT molecular complexity index is 1150. The van der Waals surface area contributed by atoms with Crippen LogP contribution in [0.2, 0.25) is 0 Å². The number of hydrogen-bond donors (Lipinski definition) is 1. The fourth-order valence-electron chi connectivity index (χ4n) is 3.81. The largest absolute Gasteiger partial charge is 0.497 e. The van der Waals surface area contributed by atoms with E-state index in [1.807, 2.05) is 18.2 Å². The Morgan fingerprint density at radius 3 is 2.43 bits per heavy atom. The van der Waals surface area contributed by atoms with Crippen LogP contribution in [0.15, 0.2) is 59.9 Å².